The summed E-state index contributed by atoms with van der Waals surface area (Å²) in [6.07, 6.45) is -2.88. The minimum atomic E-state index is -4.84. The highest BCUT2D eigenvalue weighted by atomic mass is 32.2. The number of methoxy groups -OCH3 is 1. The number of aromatic nitrogens is 3. The van der Waals surface area contributed by atoms with E-state index in [2.05, 4.69) is 25.6 Å². The highest BCUT2D eigenvalue weighted by Crippen LogP contribution is 2.41. The van der Waals surface area contributed by atoms with Crippen LogP contribution in [0.1, 0.15) is 19.4 Å². The lowest BCUT2D eigenvalue weighted by molar-refractivity contribution is -0.137. The monoisotopic (exact) mass is 543 g/mol. The Bertz CT molecular complexity index is 1430. The van der Waals surface area contributed by atoms with Crippen molar-refractivity contribution >= 4 is 45.4 Å². The molecule has 0 unspecified atom stereocenters. The summed E-state index contributed by atoms with van der Waals surface area (Å²) in [6, 6.07) is 7.11. The third kappa shape index (κ3) is 5.79. The molecule has 0 aliphatic carbocycles. The predicted molar refractivity (Wildman–Crippen MR) is 132 cm³/mol. The van der Waals surface area contributed by atoms with Crippen molar-refractivity contribution in [2.45, 2.75) is 30.2 Å². The molecule has 0 bridgehead atoms. The highest BCUT2D eigenvalue weighted by Gasteiger charge is 2.36. The molecule has 3 aromatic rings. The SMILES string of the molecule is COc1nccc(P(C)(C)=O)c1Nc1ncc(C(F)(F)F)c(Nc2ccccc2S(=O)(=O)C(C)C)n1. The van der Waals surface area contributed by atoms with Crippen LogP contribution in [0.2, 0.25) is 0 Å². The lowest BCUT2D eigenvalue weighted by atomic mass is 10.2. The predicted octanol–water partition coefficient (Wildman–Crippen LogP) is 4.82. The maximum absolute atomic E-state index is 13.8. The van der Waals surface area contributed by atoms with Gasteiger partial charge in [-0.2, -0.15) is 18.2 Å². The van der Waals surface area contributed by atoms with Crippen molar-refractivity contribution in [1.29, 1.82) is 0 Å². The van der Waals surface area contributed by atoms with Gasteiger partial charge in [0.1, 0.15) is 24.2 Å². The lowest BCUT2D eigenvalue weighted by Crippen LogP contribution is -2.18. The molecular weight excluding hydrogens is 518 g/mol. The highest BCUT2D eigenvalue weighted by molar-refractivity contribution is 7.92. The van der Waals surface area contributed by atoms with Gasteiger partial charge in [-0.05, 0) is 45.4 Å². The van der Waals surface area contributed by atoms with Gasteiger partial charge in [-0.15, -0.1) is 0 Å². The minimum absolute atomic E-state index is 0.0443. The number of pyridine rings is 1. The molecule has 14 heteroatoms. The quantitative estimate of drug-likeness (QED) is 0.385. The van der Waals surface area contributed by atoms with Crippen molar-refractivity contribution in [2.75, 3.05) is 31.1 Å². The van der Waals surface area contributed by atoms with Crippen LogP contribution in [0.5, 0.6) is 5.88 Å². The molecule has 0 radical (unpaired) electrons. The average molecular weight is 544 g/mol. The minimum Gasteiger partial charge on any atom is -0.479 e. The van der Waals surface area contributed by atoms with Crippen LogP contribution in [-0.4, -0.2) is 49.1 Å². The zero-order valence-corrected chi connectivity index (χ0v) is 21.8. The second-order valence-electron chi connectivity index (χ2n) is 8.36. The van der Waals surface area contributed by atoms with Gasteiger partial charge < -0.3 is 19.9 Å². The van der Waals surface area contributed by atoms with E-state index in [4.69, 9.17) is 4.74 Å². The van der Waals surface area contributed by atoms with Gasteiger partial charge >= 0.3 is 6.18 Å². The van der Waals surface area contributed by atoms with Gasteiger partial charge in [0.15, 0.2) is 9.84 Å². The number of hydrogen-bond acceptors (Lipinski definition) is 9. The number of sulfone groups is 1. The smallest absolute Gasteiger partial charge is 0.421 e. The van der Waals surface area contributed by atoms with E-state index in [0.717, 1.165) is 0 Å². The molecule has 0 fully saturated rings. The van der Waals surface area contributed by atoms with E-state index in [9.17, 15) is 26.2 Å². The van der Waals surface area contributed by atoms with Gasteiger partial charge in [-0.25, -0.2) is 18.4 Å². The van der Waals surface area contributed by atoms with Crippen LogP contribution in [0.25, 0.3) is 0 Å². The third-order valence-electron chi connectivity index (χ3n) is 5.07. The van der Waals surface area contributed by atoms with Crippen molar-refractivity contribution in [3.05, 3.63) is 48.3 Å². The van der Waals surface area contributed by atoms with Crippen LogP contribution in [0.15, 0.2) is 47.6 Å². The summed E-state index contributed by atoms with van der Waals surface area (Å²) in [6.45, 7) is 5.97. The molecular formula is C22H25F3N5O4PS. The van der Waals surface area contributed by atoms with Crippen molar-refractivity contribution in [3.63, 3.8) is 0 Å². The fourth-order valence-corrected chi connectivity index (χ4v) is 5.53. The fourth-order valence-electron chi connectivity index (χ4n) is 3.21. The molecule has 1 aromatic carbocycles. The summed E-state index contributed by atoms with van der Waals surface area (Å²) in [7, 11) is -5.36. The van der Waals surface area contributed by atoms with Gasteiger partial charge in [0.25, 0.3) is 0 Å². The van der Waals surface area contributed by atoms with Gasteiger partial charge in [-0.1, -0.05) is 12.1 Å². The molecule has 0 amide bonds. The number of ether oxygens (including phenoxy) is 1. The van der Waals surface area contributed by atoms with Crippen LogP contribution in [0.3, 0.4) is 0 Å². The molecule has 0 spiro atoms. The Morgan fingerprint density at radius 2 is 1.72 bits per heavy atom. The van der Waals surface area contributed by atoms with E-state index in [1.54, 1.807) is 0 Å². The number of anilines is 4. The van der Waals surface area contributed by atoms with E-state index in [0.29, 0.717) is 11.5 Å². The molecule has 36 heavy (non-hydrogen) atoms. The van der Waals surface area contributed by atoms with Crippen molar-refractivity contribution in [1.82, 2.24) is 15.0 Å². The molecule has 2 heterocycles. The third-order valence-corrected chi connectivity index (χ3v) is 8.81. The van der Waals surface area contributed by atoms with E-state index >= 15 is 0 Å². The Hall–Kier alpha value is -3.18. The lowest BCUT2D eigenvalue weighted by Gasteiger charge is -2.19. The molecule has 0 atom stereocenters. The largest absolute Gasteiger partial charge is 0.479 e. The van der Waals surface area contributed by atoms with E-state index in [1.807, 2.05) is 0 Å². The summed E-state index contributed by atoms with van der Waals surface area (Å²) in [5.74, 6) is -0.912. The molecule has 9 nitrogen and oxygen atoms in total. The van der Waals surface area contributed by atoms with E-state index < -0.39 is 39.8 Å². The van der Waals surface area contributed by atoms with Crippen LogP contribution in [0, 0.1) is 0 Å². The van der Waals surface area contributed by atoms with Crippen molar-refractivity contribution in [3.8, 4) is 5.88 Å². The van der Waals surface area contributed by atoms with Gasteiger partial charge in [0.2, 0.25) is 11.8 Å². The molecule has 2 N–H and O–H groups in total. The van der Waals surface area contributed by atoms with Crippen LogP contribution < -0.4 is 20.7 Å². The first-order valence-electron chi connectivity index (χ1n) is 10.6. The number of halogens is 3. The summed E-state index contributed by atoms with van der Waals surface area (Å²) >= 11 is 0. The molecule has 0 saturated heterocycles. The van der Waals surface area contributed by atoms with Crippen molar-refractivity contribution < 1.29 is 30.9 Å². The molecule has 3 rings (SSSR count). The molecule has 0 saturated carbocycles. The summed E-state index contributed by atoms with van der Waals surface area (Å²) in [4.78, 5) is 11.6. The number of benzene rings is 1. The van der Waals surface area contributed by atoms with Crippen LogP contribution in [0.4, 0.5) is 36.3 Å². The van der Waals surface area contributed by atoms with E-state index in [-0.39, 0.29) is 28.1 Å². The van der Waals surface area contributed by atoms with E-state index in [1.165, 1.54) is 70.8 Å². The number of hydrogen-bond donors (Lipinski definition) is 2. The summed E-state index contributed by atoms with van der Waals surface area (Å²) in [5.41, 5.74) is -1.14. The summed E-state index contributed by atoms with van der Waals surface area (Å²) < 4.78 is 84.9. The number of para-hydroxylation sites is 1. The standard InChI is InChI=1S/C22H25F3N5O4PS/c1-13(2)36(32,33)17-9-7-6-8-15(17)28-19-14(22(23,24)25)12-27-21(30-19)29-18-16(35(4,5)31)10-11-26-20(18)34-3/h6-13H,1-5H3,(H2,27,28,29,30). The average Bonchev–Trinajstić information content (AvgIpc) is 2.78. The molecule has 0 aliphatic heterocycles. The van der Waals surface area contributed by atoms with Gasteiger partial charge in [0, 0.05) is 17.7 Å². The number of rotatable bonds is 8. The maximum atomic E-state index is 13.8. The molecule has 0 aliphatic rings. The molecule has 194 valence electrons. The zero-order valence-electron chi connectivity index (χ0n) is 20.1. The van der Waals surface area contributed by atoms with Crippen LogP contribution >= 0.6 is 7.14 Å². The molecule has 2 aromatic heterocycles. The topological polar surface area (TPSA) is 123 Å². The Morgan fingerprint density at radius 3 is 2.31 bits per heavy atom. The zero-order chi connectivity index (χ0) is 26.9. The Kier molecular flexibility index (Phi) is 7.66. The fraction of sp³-hybridized carbons (Fsp3) is 0.318. The van der Waals surface area contributed by atoms with Gasteiger partial charge in [0.05, 0.1) is 22.9 Å². The number of nitrogens with zero attached hydrogens (tertiary/aromatic N) is 3. The second kappa shape index (κ2) is 10.1. The van der Waals surface area contributed by atoms with Crippen molar-refractivity contribution in [2.24, 2.45) is 0 Å². The number of alkyl halides is 3. The normalized spacial score (nSPS) is 12.5. The Balaban J connectivity index is 2.15. The summed E-state index contributed by atoms with van der Waals surface area (Å²) in [5, 5.41) is 4.80. The second-order valence-corrected chi connectivity index (χ2v) is 14.0. The first-order chi connectivity index (χ1) is 16.7. The van der Waals surface area contributed by atoms with Crippen LogP contribution in [-0.2, 0) is 20.6 Å². The Labute approximate surface area is 206 Å². The first-order valence-corrected chi connectivity index (χ1v) is 14.7. The van der Waals surface area contributed by atoms with Gasteiger partial charge in [-0.3, -0.25) is 0 Å². The first kappa shape index (κ1) is 27.4. The number of nitrogens with one attached hydrogen (secondary N) is 2. The maximum Gasteiger partial charge on any atom is 0.421 e. The Morgan fingerprint density at radius 1 is 1.06 bits per heavy atom.